The first-order valence-electron chi connectivity index (χ1n) is 7.03. The van der Waals surface area contributed by atoms with Crippen molar-refractivity contribution < 1.29 is 0 Å². The molecule has 20 heavy (non-hydrogen) atoms. The first kappa shape index (κ1) is 14.3. The van der Waals surface area contributed by atoms with Crippen LogP contribution >= 0.6 is 0 Å². The van der Waals surface area contributed by atoms with Gasteiger partial charge in [0, 0.05) is 17.9 Å². The van der Waals surface area contributed by atoms with Gasteiger partial charge in [-0.25, -0.2) is 4.98 Å². The molecule has 0 aliphatic rings. The van der Waals surface area contributed by atoms with Crippen molar-refractivity contribution >= 4 is 17.5 Å². The molecule has 0 amide bonds. The molecule has 0 spiro atoms. The summed E-state index contributed by atoms with van der Waals surface area (Å²) in [7, 11) is 0. The van der Waals surface area contributed by atoms with E-state index in [9.17, 15) is 0 Å². The Kier molecular flexibility index (Phi) is 4.56. The maximum Gasteiger partial charge on any atom is 0.229 e. The van der Waals surface area contributed by atoms with Gasteiger partial charge in [-0.15, -0.1) is 0 Å². The second-order valence-corrected chi connectivity index (χ2v) is 5.09. The summed E-state index contributed by atoms with van der Waals surface area (Å²) in [4.78, 5) is 8.77. The number of aryl methyl sites for hydroxylation is 1. The Bertz CT molecular complexity index is 580. The van der Waals surface area contributed by atoms with Gasteiger partial charge in [0.05, 0.1) is 0 Å². The van der Waals surface area contributed by atoms with Crippen molar-refractivity contribution in [2.75, 3.05) is 10.6 Å². The van der Waals surface area contributed by atoms with E-state index in [1.54, 1.807) is 6.20 Å². The second-order valence-electron chi connectivity index (χ2n) is 5.09. The maximum atomic E-state index is 4.49. The van der Waals surface area contributed by atoms with Gasteiger partial charge >= 0.3 is 0 Å². The number of nitrogens with one attached hydrogen (secondary N) is 2. The zero-order chi connectivity index (χ0) is 14.5. The lowest BCUT2D eigenvalue weighted by molar-refractivity contribution is 0.758. The van der Waals surface area contributed by atoms with Crippen LogP contribution in [0.15, 0.2) is 30.5 Å². The average Bonchev–Trinajstić information content (AvgIpc) is 2.44. The number of anilines is 3. The van der Waals surface area contributed by atoms with E-state index < -0.39 is 0 Å². The number of benzene rings is 1. The van der Waals surface area contributed by atoms with Gasteiger partial charge in [-0.1, -0.05) is 19.1 Å². The Labute approximate surface area is 120 Å². The van der Waals surface area contributed by atoms with Crippen LogP contribution in [0, 0.1) is 13.8 Å². The molecule has 4 nitrogen and oxygen atoms in total. The van der Waals surface area contributed by atoms with E-state index in [1.807, 2.05) is 18.2 Å². The predicted octanol–water partition coefficient (Wildman–Crippen LogP) is 4.05. The van der Waals surface area contributed by atoms with E-state index in [2.05, 4.69) is 54.4 Å². The molecule has 0 fully saturated rings. The molecular weight excluding hydrogens is 248 g/mol. The summed E-state index contributed by atoms with van der Waals surface area (Å²) >= 11 is 0. The third-order valence-corrected chi connectivity index (χ3v) is 3.51. The molecule has 1 aromatic heterocycles. The quantitative estimate of drug-likeness (QED) is 0.860. The molecule has 1 atom stereocenters. The van der Waals surface area contributed by atoms with Crippen LogP contribution in [-0.2, 0) is 0 Å². The van der Waals surface area contributed by atoms with Crippen LogP contribution in [0.3, 0.4) is 0 Å². The molecule has 0 aliphatic heterocycles. The Morgan fingerprint density at radius 1 is 1.20 bits per heavy atom. The molecule has 0 saturated heterocycles. The lowest BCUT2D eigenvalue weighted by atomic mass is 10.1. The largest absolute Gasteiger partial charge is 0.367 e. The second kappa shape index (κ2) is 6.37. The molecule has 1 heterocycles. The van der Waals surface area contributed by atoms with Crippen LogP contribution < -0.4 is 10.6 Å². The minimum Gasteiger partial charge on any atom is -0.367 e. The van der Waals surface area contributed by atoms with E-state index >= 15 is 0 Å². The predicted molar refractivity (Wildman–Crippen MR) is 84.6 cm³/mol. The lowest BCUT2D eigenvalue weighted by Crippen LogP contribution is -2.15. The summed E-state index contributed by atoms with van der Waals surface area (Å²) in [5, 5.41) is 6.64. The van der Waals surface area contributed by atoms with Crippen molar-refractivity contribution in [2.45, 2.75) is 40.2 Å². The van der Waals surface area contributed by atoms with Crippen molar-refractivity contribution in [1.82, 2.24) is 9.97 Å². The number of hydrogen-bond donors (Lipinski definition) is 2. The molecular formula is C16H22N4. The van der Waals surface area contributed by atoms with Crippen LogP contribution in [-0.4, -0.2) is 16.0 Å². The highest BCUT2D eigenvalue weighted by Gasteiger charge is 2.05. The molecule has 0 aliphatic carbocycles. The summed E-state index contributed by atoms with van der Waals surface area (Å²) in [6, 6.07) is 8.47. The minimum atomic E-state index is 0.401. The van der Waals surface area contributed by atoms with Crippen molar-refractivity contribution in [3.8, 4) is 0 Å². The molecule has 1 aromatic carbocycles. The SMILES string of the molecule is CCC(C)Nc1ccnc(Nc2cccc(C)c2C)n1. The van der Waals surface area contributed by atoms with E-state index in [0.29, 0.717) is 12.0 Å². The van der Waals surface area contributed by atoms with E-state index in [-0.39, 0.29) is 0 Å². The van der Waals surface area contributed by atoms with Crippen LogP contribution in [0.25, 0.3) is 0 Å². The van der Waals surface area contributed by atoms with Gasteiger partial charge in [-0.2, -0.15) is 4.98 Å². The number of rotatable bonds is 5. The Morgan fingerprint density at radius 3 is 2.75 bits per heavy atom. The van der Waals surface area contributed by atoms with Gasteiger partial charge in [0.25, 0.3) is 0 Å². The first-order valence-corrected chi connectivity index (χ1v) is 7.03. The minimum absolute atomic E-state index is 0.401. The molecule has 0 radical (unpaired) electrons. The molecule has 2 aromatic rings. The van der Waals surface area contributed by atoms with Gasteiger partial charge < -0.3 is 10.6 Å². The maximum absolute atomic E-state index is 4.49. The molecule has 2 N–H and O–H groups in total. The number of aromatic nitrogens is 2. The number of hydrogen-bond acceptors (Lipinski definition) is 4. The fraction of sp³-hybridized carbons (Fsp3) is 0.375. The number of nitrogens with zero attached hydrogens (tertiary/aromatic N) is 2. The molecule has 2 rings (SSSR count). The van der Waals surface area contributed by atoms with Crippen molar-refractivity contribution in [3.63, 3.8) is 0 Å². The van der Waals surface area contributed by atoms with Gasteiger partial charge in [0.1, 0.15) is 5.82 Å². The Hall–Kier alpha value is -2.10. The summed E-state index contributed by atoms with van der Waals surface area (Å²) in [6.07, 6.45) is 2.83. The highest BCUT2D eigenvalue weighted by molar-refractivity contribution is 5.60. The third kappa shape index (κ3) is 3.47. The van der Waals surface area contributed by atoms with Gasteiger partial charge in [0.15, 0.2) is 0 Å². The molecule has 0 bridgehead atoms. The van der Waals surface area contributed by atoms with Crippen molar-refractivity contribution in [3.05, 3.63) is 41.6 Å². The molecule has 4 heteroatoms. The van der Waals surface area contributed by atoms with E-state index in [0.717, 1.165) is 17.9 Å². The summed E-state index contributed by atoms with van der Waals surface area (Å²) in [5.74, 6) is 1.47. The summed E-state index contributed by atoms with van der Waals surface area (Å²) in [5.41, 5.74) is 3.52. The first-order chi connectivity index (χ1) is 9.60. The van der Waals surface area contributed by atoms with Gasteiger partial charge in [-0.3, -0.25) is 0 Å². The standard InChI is InChI=1S/C16H22N4/c1-5-12(3)18-15-9-10-17-16(20-15)19-14-8-6-7-11(2)13(14)4/h6-10,12H,5H2,1-4H3,(H2,17,18,19,20). The lowest BCUT2D eigenvalue weighted by Gasteiger charge is -2.14. The topological polar surface area (TPSA) is 49.8 Å². The fourth-order valence-corrected chi connectivity index (χ4v) is 1.86. The van der Waals surface area contributed by atoms with E-state index in [1.165, 1.54) is 11.1 Å². The Balaban J connectivity index is 2.17. The van der Waals surface area contributed by atoms with Crippen LogP contribution in [0.4, 0.5) is 17.5 Å². The van der Waals surface area contributed by atoms with Gasteiger partial charge in [-0.05, 0) is 50.5 Å². The highest BCUT2D eigenvalue weighted by Crippen LogP contribution is 2.21. The highest BCUT2D eigenvalue weighted by atomic mass is 15.1. The smallest absolute Gasteiger partial charge is 0.229 e. The monoisotopic (exact) mass is 270 g/mol. The summed E-state index contributed by atoms with van der Waals surface area (Å²) < 4.78 is 0. The van der Waals surface area contributed by atoms with Gasteiger partial charge in [0.2, 0.25) is 5.95 Å². The third-order valence-electron chi connectivity index (χ3n) is 3.51. The molecule has 106 valence electrons. The molecule has 0 saturated carbocycles. The van der Waals surface area contributed by atoms with Crippen molar-refractivity contribution in [1.29, 1.82) is 0 Å². The normalized spacial score (nSPS) is 12.0. The average molecular weight is 270 g/mol. The van der Waals surface area contributed by atoms with Crippen molar-refractivity contribution in [2.24, 2.45) is 0 Å². The Morgan fingerprint density at radius 2 is 2.00 bits per heavy atom. The fourth-order valence-electron chi connectivity index (χ4n) is 1.86. The zero-order valence-electron chi connectivity index (χ0n) is 12.6. The summed E-state index contributed by atoms with van der Waals surface area (Å²) in [6.45, 7) is 8.48. The molecule has 1 unspecified atom stereocenters. The van der Waals surface area contributed by atoms with Crippen LogP contribution in [0.1, 0.15) is 31.4 Å². The van der Waals surface area contributed by atoms with Crippen LogP contribution in [0.5, 0.6) is 0 Å². The van der Waals surface area contributed by atoms with Crippen LogP contribution in [0.2, 0.25) is 0 Å². The zero-order valence-corrected chi connectivity index (χ0v) is 12.6. The van der Waals surface area contributed by atoms with E-state index in [4.69, 9.17) is 0 Å².